The van der Waals surface area contributed by atoms with E-state index in [9.17, 15) is 9.59 Å². The number of carboxylic acid groups (broad SMARTS) is 1. The Bertz CT molecular complexity index is 200. The summed E-state index contributed by atoms with van der Waals surface area (Å²) in [7, 11) is 0. The molecule has 1 heterocycles. The van der Waals surface area contributed by atoms with Gasteiger partial charge in [-0.15, -0.1) is 0 Å². The molecule has 0 unspecified atom stereocenters. The van der Waals surface area contributed by atoms with Gasteiger partial charge in [0.2, 0.25) is 0 Å². The minimum absolute atomic E-state index is 0.0854. The molecule has 1 saturated heterocycles. The second kappa shape index (κ2) is 9.15. The number of aliphatic carboxylic acids is 1. The summed E-state index contributed by atoms with van der Waals surface area (Å²) < 4.78 is 4.15. The molecule has 0 aromatic carbocycles. The van der Waals surface area contributed by atoms with Crippen molar-refractivity contribution in [3.05, 3.63) is 0 Å². The molecule has 0 aromatic rings. The number of rotatable bonds is 4. The molecule has 0 amide bonds. The average molecular weight is 231 g/mol. The van der Waals surface area contributed by atoms with E-state index in [1.807, 2.05) is 0 Å². The largest absolute Gasteiger partial charge is 0.481 e. The third-order valence-corrected chi connectivity index (χ3v) is 2.62. The lowest BCUT2D eigenvalue weighted by Gasteiger charge is -2.28. The fraction of sp³-hybridized carbons (Fsp3) is 0.818. The molecule has 0 radical (unpaired) electrons. The monoisotopic (exact) mass is 231 g/mol. The maximum absolute atomic E-state index is 10.5. The highest BCUT2D eigenvalue weighted by atomic mass is 16.5. The summed E-state index contributed by atoms with van der Waals surface area (Å²) in [5, 5.41) is 8.68. The van der Waals surface area contributed by atoms with Crippen LogP contribution in [0.3, 0.4) is 0 Å². The molecule has 5 heteroatoms. The molecule has 1 N–H and O–H groups in total. The fourth-order valence-electron chi connectivity index (χ4n) is 1.56. The average Bonchev–Trinajstić information content (AvgIpc) is 2.31. The Morgan fingerprint density at radius 2 is 2.00 bits per heavy atom. The Kier molecular flexibility index (Phi) is 8.52. The first-order chi connectivity index (χ1) is 7.65. The standard InChI is InChI=1S/C8H15NO2.C3H6O2/c1-2-9-5-3-7(4-6-9)8(10)11;1-2-5-3-4/h7H,2-6H2,1H3,(H,10,11);3H,2H2,1H3. The first kappa shape index (κ1) is 14.9. The predicted molar refractivity (Wildman–Crippen MR) is 60.2 cm³/mol. The first-order valence-corrected chi connectivity index (χ1v) is 5.66. The normalized spacial score (nSPS) is 17.1. The van der Waals surface area contributed by atoms with Gasteiger partial charge in [-0.3, -0.25) is 9.59 Å². The van der Waals surface area contributed by atoms with Crippen molar-refractivity contribution >= 4 is 12.4 Å². The summed E-state index contributed by atoms with van der Waals surface area (Å²) in [6, 6.07) is 0. The number of likely N-dealkylation sites (tertiary alicyclic amines) is 1. The van der Waals surface area contributed by atoms with Crippen molar-refractivity contribution in [2.75, 3.05) is 26.2 Å². The highest BCUT2D eigenvalue weighted by molar-refractivity contribution is 5.70. The molecule has 0 aliphatic carbocycles. The van der Waals surface area contributed by atoms with Gasteiger partial charge in [-0.05, 0) is 39.4 Å². The van der Waals surface area contributed by atoms with Gasteiger partial charge in [0.05, 0.1) is 12.5 Å². The van der Waals surface area contributed by atoms with E-state index in [4.69, 9.17) is 5.11 Å². The van der Waals surface area contributed by atoms with Gasteiger partial charge in [0.25, 0.3) is 6.47 Å². The van der Waals surface area contributed by atoms with E-state index >= 15 is 0 Å². The SMILES string of the molecule is CCN1CCC(C(=O)O)CC1.CCOC=O. The van der Waals surface area contributed by atoms with Crippen molar-refractivity contribution in [1.29, 1.82) is 0 Å². The van der Waals surface area contributed by atoms with Gasteiger partial charge in [0.15, 0.2) is 0 Å². The zero-order valence-corrected chi connectivity index (χ0v) is 10.0. The Hall–Kier alpha value is -1.10. The number of nitrogens with zero attached hydrogens (tertiary/aromatic N) is 1. The number of carboxylic acids is 1. The Morgan fingerprint density at radius 3 is 2.25 bits per heavy atom. The predicted octanol–water partition coefficient (Wildman–Crippen LogP) is 0.982. The molecule has 0 atom stereocenters. The lowest BCUT2D eigenvalue weighted by atomic mass is 9.97. The molecule has 0 bridgehead atoms. The lowest BCUT2D eigenvalue weighted by molar-refractivity contribution is -0.143. The van der Waals surface area contributed by atoms with Crippen LogP contribution in [0.5, 0.6) is 0 Å². The van der Waals surface area contributed by atoms with E-state index in [0.717, 1.165) is 32.5 Å². The Labute approximate surface area is 96.4 Å². The zero-order chi connectivity index (χ0) is 12.4. The second-order valence-electron chi connectivity index (χ2n) is 3.60. The van der Waals surface area contributed by atoms with Crippen LogP contribution in [0.2, 0.25) is 0 Å². The number of piperidine rings is 1. The molecule has 5 nitrogen and oxygen atoms in total. The molecule has 1 rings (SSSR count). The van der Waals surface area contributed by atoms with E-state index in [1.165, 1.54) is 0 Å². The van der Waals surface area contributed by atoms with Gasteiger partial charge in [-0.2, -0.15) is 0 Å². The van der Waals surface area contributed by atoms with Gasteiger partial charge in [0.1, 0.15) is 0 Å². The van der Waals surface area contributed by atoms with Crippen molar-refractivity contribution < 1.29 is 19.4 Å². The molecular weight excluding hydrogens is 210 g/mol. The first-order valence-electron chi connectivity index (χ1n) is 5.66. The highest BCUT2D eigenvalue weighted by Gasteiger charge is 2.23. The number of hydrogen-bond donors (Lipinski definition) is 1. The smallest absolute Gasteiger partial charge is 0.306 e. The highest BCUT2D eigenvalue weighted by Crippen LogP contribution is 2.16. The summed E-state index contributed by atoms with van der Waals surface area (Å²) in [5.41, 5.74) is 0. The summed E-state index contributed by atoms with van der Waals surface area (Å²) in [4.78, 5) is 22.0. The van der Waals surface area contributed by atoms with E-state index in [0.29, 0.717) is 13.1 Å². The summed E-state index contributed by atoms with van der Waals surface area (Å²) in [6.45, 7) is 7.73. The van der Waals surface area contributed by atoms with Crippen LogP contribution in [0.15, 0.2) is 0 Å². The van der Waals surface area contributed by atoms with E-state index in [2.05, 4.69) is 16.6 Å². The summed E-state index contributed by atoms with van der Waals surface area (Å²) >= 11 is 0. The van der Waals surface area contributed by atoms with Crippen molar-refractivity contribution in [1.82, 2.24) is 4.90 Å². The van der Waals surface area contributed by atoms with Crippen molar-refractivity contribution in [2.24, 2.45) is 5.92 Å². The van der Waals surface area contributed by atoms with Crippen molar-refractivity contribution in [3.8, 4) is 0 Å². The molecule has 16 heavy (non-hydrogen) atoms. The van der Waals surface area contributed by atoms with E-state index < -0.39 is 5.97 Å². The van der Waals surface area contributed by atoms with E-state index in [-0.39, 0.29) is 5.92 Å². The van der Waals surface area contributed by atoms with Gasteiger partial charge >= 0.3 is 5.97 Å². The van der Waals surface area contributed by atoms with Crippen LogP contribution in [0, 0.1) is 5.92 Å². The van der Waals surface area contributed by atoms with Crippen LogP contribution < -0.4 is 0 Å². The third-order valence-electron chi connectivity index (χ3n) is 2.62. The van der Waals surface area contributed by atoms with Crippen LogP contribution >= 0.6 is 0 Å². The number of hydrogen-bond acceptors (Lipinski definition) is 4. The number of carbonyl (C=O) groups excluding carboxylic acids is 1. The van der Waals surface area contributed by atoms with Gasteiger partial charge in [-0.1, -0.05) is 6.92 Å². The molecule has 1 aliphatic rings. The fourth-order valence-corrected chi connectivity index (χ4v) is 1.56. The van der Waals surface area contributed by atoms with Crippen LogP contribution in [0.1, 0.15) is 26.7 Å². The van der Waals surface area contributed by atoms with Crippen LogP contribution in [-0.2, 0) is 14.3 Å². The van der Waals surface area contributed by atoms with Gasteiger partial charge in [-0.25, -0.2) is 0 Å². The van der Waals surface area contributed by atoms with Crippen molar-refractivity contribution in [2.45, 2.75) is 26.7 Å². The maximum Gasteiger partial charge on any atom is 0.306 e. The maximum atomic E-state index is 10.5. The minimum Gasteiger partial charge on any atom is -0.481 e. The summed E-state index contributed by atoms with van der Waals surface area (Å²) in [6.07, 6.45) is 1.65. The third kappa shape index (κ3) is 6.40. The van der Waals surface area contributed by atoms with Crippen LogP contribution in [0.4, 0.5) is 0 Å². The topological polar surface area (TPSA) is 66.8 Å². The van der Waals surface area contributed by atoms with Gasteiger partial charge < -0.3 is 14.7 Å². The minimum atomic E-state index is -0.624. The molecule has 94 valence electrons. The molecule has 1 fully saturated rings. The molecule has 1 aliphatic heterocycles. The lowest BCUT2D eigenvalue weighted by Crippen LogP contribution is -2.35. The molecule has 0 aromatic heterocycles. The molecule has 0 saturated carbocycles. The Balaban J connectivity index is 0.000000385. The van der Waals surface area contributed by atoms with Gasteiger partial charge in [0, 0.05) is 0 Å². The van der Waals surface area contributed by atoms with E-state index in [1.54, 1.807) is 6.92 Å². The number of carbonyl (C=O) groups is 2. The van der Waals surface area contributed by atoms with Crippen LogP contribution in [0.25, 0.3) is 0 Å². The molecular formula is C11H21NO4. The zero-order valence-electron chi connectivity index (χ0n) is 10.0. The second-order valence-corrected chi connectivity index (χ2v) is 3.60. The molecule has 0 spiro atoms. The Morgan fingerprint density at radius 1 is 1.44 bits per heavy atom. The number of ether oxygens (including phenoxy) is 1. The quantitative estimate of drug-likeness (QED) is 0.731. The van der Waals surface area contributed by atoms with Crippen molar-refractivity contribution in [3.63, 3.8) is 0 Å². The van der Waals surface area contributed by atoms with Crippen LogP contribution in [-0.4, -0.2) is 48.7 Å². The summed E-state index contributed by atoms with van der Waals surface area (Å²) in [5.74, 6) is -0.710.